The van der Waals surface area contributed by atoms with Crippen molar-refractivity contribution in [2.75, 3.05) is 11.9 Å². The number of hydrogen-bond acceptors (Lipinski definition) is 3. The van der Waals surface area contributed by atoms with E-state index in [1.165, 1.54) is 0 Å². The second kappa shape index (κ2) is 8.89. The van der Waals surface area contributed by atoms with Crippen LogP contribution in [-0.4, -0.2) is 29.3 Å². The quantitative estimate of drug-likeness (QED) is 0.865. The lowest BCUT2D eigenvalue weighted by atomic mass is 10.0. The maximum atomic E-state index is 12.1. The Morgan fingerprint density at radius 1 is 1.35 bits per heavy atom. The number of carbonyl (C=O) groups is 2. The van der Waals surface area contributed by atoms with Gasteiger partial charge in [-0.05, 0) is 37.5 Å². The lowest BCUT2D eigenvalue weighted by molar-refractivity contribution is -0.133. The monoisotopic (exact) mass is 339 g/mol. The number of halogens is 1. The van der Waals surface area contributed by atoms with Gasteiger partial charge in [-0.3, -0.25) is 9.59 Å². The average molecular weight is 340 g/mol. The van der Waals surface area contributed by atoms with Crippen molar-refractivity contribution in [3.63, 3.8) is 0 Å². The molecule has 6 heteroatoms. The maximum Gasteiger partial charge on any atom is 0.228 e. The first-order chi connectivity index (χ1) is 10.5. The first-order valence-electron chi connectivity index (χ1n) is 7.90. The minimum atomic E-state index is -0.243. The molecule has 2 unspecified atom stereocenters. The van der Waals surface area contributed by atoms with Gasteiger partial charge in [-0.2, -0.15) is 0 Å². The zero-order chi connectivity index (χ0) is 16.1. The zero-order valence-corrected chi connectivity index (χ0v) is 14.6. The summed E-state index contributed by atoms with van der Waals surface area (Å²) >= 11 is 0. The summed E-state index contributed by atoms with van der Waals surface area (Å²) in [6, 6.07) is 7.47. The lowest BCUT2D eigenvalue weighted by Crippen LogP contribution is -2.35. The van der Waals surface area contributed by atoms with Gasteiger partial charge >= 0.3 is 0 Å². The Labute approximate surface area is 144 Å². The molecule has 0 aromatic heterocycles. The molecule has 128 valence electrons. The fraction of sp³-hybridized carbons (Fsp3) is 0.529. The summed E-state index contributed by atoms with van der Waals surface area (Å²) in [5.41, 5.74) is 7.53. The van der Waals surface area contributed by atoms with Crippen LogP contribution in [0.15, 0.2) is 24.3 Å². The molecule has 2 amide bonds. The van der Waals surface area contributed by atoms with Crippen molar-refractivity contribution in [1.29, 1.82) is 0 Å². The number of benzene rings is 1. The SMILES string of the molecule is CC(N)C(C)C(=O)Nc1cccc(CN2CCCCC2=O)c1.Cl. The van der Waals surface area contributed by atoms with Gasteiger partial charge in [0.05, 0.1) is 5.92 Å². The van der Waals surface area contributed by atoms with Crippen LogP contribution in [0.3, 0.4) is 0 Å². The summed E-state index contributed by atoms with van der Waals surface area (Å²) in [7, 11) is 0. The largest absolute Gasteiger partial charge is 0.338 e. The van der Waals surface area contributed by atoms with E-state index in [-0.39, 0.29) is 36.2 Å². The molecule has 1 fully saturated rings. The summed E-state index contributed by atoms with van der Waals surface area (Å²) in [6.45, 7) is 5.06. The number of likely N-dealkylation sites (tertiary alicyclic amines) is 1. The molecule has 2 atom stereocenters. The topological polar surface area (TPSA) is 75.4 Å². The number of rotatable bonds is 5. The first kappa shape index (κ1) is 19.5. The maximum absolute atomic E-state index is 12.1. The minimum Gasteiger partial charge on any atom is -0.338 e. The highest BCUT2D eigenvalue weighted by molar-refractivity contribution is 5.92. The molecule has 1 heterocycles. The molecule has 1 aromatic rings. The Bertz CT molecular complexity index is 548. The van der Waals surface area contributed by atoms with E-state index in [4.69, 9.17) is 5.73 Å². The van der Waals surface area contributed by atoms with Crippen molar-refractivity contribution in [2.45, 2.75) is 45.7 Å². The van der Waals surface area contributed by atoms with Gasteiger partial charge in [0.15, 0.2) is 0 Å². The number of piperidine rings is 1. The first-order valence-corrected chi connectivity index (χ1v) is 7.90. The van der Waals surface area contributed by atoms with Crippen LogP contribution < -0.4 is 11.1 Å². The summed E-state index contributed by atoms with van der Waals surface area (Å²) in [6.07, 6.45) is 2.69. The van der Waals surface area contributed by atoms with Crippen LogP contribution >= 0.6 is 12.4 Å². The van der Waals surface area contributed by atoms with E-state index in [0.717, 1.165) is 30.6 Å². The normalized spacial score (nSPS) is 17.2. The second-order valence-corrected chi connectivity index (χ2v) is 6.11. The van der Waals surface area contributed by atoms with Gasteiger partial charge in [-0.1, -0.05) is 19.1 Å². The van der Waals surface area contributed by atoms with E-state index in [2.05, 4.69) is 5.32 Å². The molecule has 1 aromatic carbocycles. The second-order valence-electron chi connectivity index (χ2n) is 6.11. The van der Waals surface area contributed by atoms with Crippen LogP contribution in [0.25, 0.3) is 0 Å². The van der Waals surface area contributed by atoms with E-state index in [0.29, 0.717) is 13.0 Å². The summed E-state index contributed by atoms with van der Waals surface area (Å²) in [5, 5.41) is 2.89. The smallest absolute Gasteiger partial charge is 0.228 e. The Hall–Kier alpha value is -1.59. The van der Waals surface area contributed by atoms with E-state index in [1.54, 1.807) is 0 Å². The van der Waals surface area contributed by atoms with Crippen molar-refractivity contribution in [3.8, 4) is 0 Å². The third-order valence-electron chi connectivity index (χ3n) is 4.19. The van der Waals surface area contributed by atoms with Crippen LogP contribution in [0, 0.1) is 5.92 Å². The van der Waals surface area contributed by atoms with Crippen LogP contribution in [-0.2, 0) is 16.1 Å². The molecule has 0 aliphatic carbocycles. The number of amides is 2. The van der Waals surface area contributed by atoms with Gasteiger partial charge in [-0.25, -0.2) is 0 Å². The Kier molecular flexibility index (Phi) is 7.52. The van der Waals surface area contributed by atoms with Crippen LogP contribution in [0.4, 0.5) is 5.69 Å². The Morgan fingerprint density at radius 3 is 2.74 bits per heavy atom. The highest BCUT2D eigenvalue weighted by atomic mass is 35.5. The molecule has 5 nitrogen and oxygen atoms in total. The molecule has 0 radical (unpaired) electrons. The molecule has 2 rings (SSSR count). The van der Waals surface area contributed by atoms with Crippen molar-refractivity contribution < 1.29 is 9.59 Å². The van der Waals surface area contributed by atoms with Gasteiger partial charge in [0.1, 0.15) is 0 Å². The molecular weight excluding hydrogens is 314 g/mol. The van der Waals surface area contributed by atoms with Gasteiger partial charge in [-0.15, -0.1) is 12.4 Å². The van der Waals surface area contributed by atoms with Crippen molar-refractivity contribution in [1.82, 2.24) is 4.90 Å². The molecule has 1 aliphatic heterocycles. The molecule has 1 aliphatic rings. The number of nitrogens with two attached hydrogens (primary N) is 1. The number of nitrogens with one attached hydrogen (secondary N) is 1. The number of carbonyl (C=O) groups excluding carboxylic acids is 2. The van der Waals surface area contributed by atoms with Crippen LogP contribution in [0.2, 0.25) is 0 Å². The highest BCUT2D eigenvalue weighted by Gasteiger charge is 2.19. The highest BCUT2D eigenvalue weighted by Crippen LogP contribution is 2.17. The van der Waals surface area contributed by atoms with E-state index < -0.39 is 0 Å². The number of anilines is 1. The van der Waals surface area contributed by atoms with Crippen molar-refractivity contribution >= 4 is 29.9 Å². The van der Waals surface area contributed by atoms with Gasteiger partial charge in [0.25, 0.3) is 0 Å². The zero-order valence-electron chi connectivity index (χ0n) is 13.7. The van der Waals surface area contributed by atoms with Gasteiger partial charge in [0, 0.05) is 31.2 Å². The third-order valence-corrected chi connectivity index (χ3v) is 4.19. The lowest BCUT2D eigenvalue weighted by Gasteiger charge is -2.27. The van der Waals surface area contributed by atoms with Gasteiger partial charge in [0.2, 0.25) is 11.8 Å². The van der Waals surface area contributed by atoms with Gasteiger partial charge < -0.3 is 16.0 Å². The fourth-order valence-electron chi connectivity index (χ4n) is 2.49. The summed E-state index contributed by atoms with van der Waals surface area (Å²) in [5.74, 6) is -0.111. The molecule has 0 bridgehead atoms. The minimum absolute atomic E-state index is 0. The van der Waals surface area contributed by atoms with Crippen molar-refractivity contribution in [2.24, 2.45) is 11.7 Å². The molecule has 0 saturated carbocycles. The molecule has 0 spiro atoms. The molecule has 1 saturated heterocycles. The van der Waals surface area contributed by atoms with Crippen LogP contribution in [0.1, 0.15) is 38.7 Å². The number of nitrogens with zero attached hydrogens (tertiary/aromatic N) is 1. The number of hydrogen-bond donors (Lipinski definition) is 2. The average Bonchev–Trinajstić information content (AvgIpc) is 2.49. The molecular formula is C17H26ClN3O2. The molecule has 23 heavy (non-hydrogen) atoms. The molecule has 3 N–H and O–H groups in total. The van der Waals surface area contributed by atoms with Crippen molar-refractivity contribution in [3.05, 3.63) is 29.8 Å². The van der Waals surface area contributed by atoms with E-state index in [1.807, 2.05) is 43.0 Å². The van der Waals surface area contributed by atoms with Crippen LogP contribution in [0.5, 0.6) is 0 Å². The van der Waals surface area contributed by atoms with E-state index in [9.17, 15) is 9.59 Å². The summed E-state index contributed by atoms with van der Waals surface area (Å²) in [4.78, 5) is 25.8. The Balaban J connectivity index is 0.00000264. The predicted octanol–water partition coefficient (Wildman–Crippen LogP) is 2.54. The van der Waals surface area contributed by atoms with E-state index >= 15 is 0 Å². The fourth-order valence-corrected chi connectivity index (χ4v) is 2.49. The standard InChI is InChI=1S/C17H25N3O2.ClH/c1-12(13(2)18)17(22)19-15-7-5-6-14(10-15)11-20-9-4-3-8-16(20)21;/h5-7,10,12-13H,3-4,8-9,11,18H2,1-2H3,(H,19,22);1H. The predicted molar refractivity (Wildman–Crippen MR) is 94.4 cm³/mol. The summed E-state index contributed by atoms with van der Waals surface area (Å²) < 4.78 is 0. The third kappa shape index (κ3) is 5.52. The Morgan fingerprint density at radius 2 is 2.09 bits per heavy atom.